The molecule has 0 bridgehead atoms. The van der Waals surface area contributed by atoms with Crippen LogP contribution in [0.2, 0.25) is 0 Å². The highest BCUT2D eigenvalue weighted by molar-refractivity contribution is 7.15. The second-order valence-corrected chi connectivity index (χ2v) is 6.19. The zero-order chi connectivity index (χ0) is 11.0. The third-order valence-corrected chi connectivity index (χ3v) is 4.79. The van der Waals surface area contributed by atoms with Crippen molar-refractivity contribution in [3.63, 3.8) is 0 Å². The first-order valence-corrected chi connectivity index (χ1v) is 6.85. The molecular weight excluding hydrogens is 220 g/mol. The molecule has 3 rings (SSSR count). The molecule has 0 aliphatic carbocycles. The molecule has 0 unspecified atom stereocenters. The van der Waals surface area contributed by atoms with E-state index in [1.165, 1.54) is 38.9 Å². The van der Waals surface area contributed by atoms with Crippen LogP contribution < -0.4 is 10.2 Å². The summed E-state index contributed by atoms with van der Waals surface area (Å²) in [5, 5.41) is 14.0. The number of hydrogen-bond donors (Lipinski definition) is 1. The highest BCUT2D eigenvalue weighted by atomic mass is 32.1. The minimum Gasteiger partial charge on any atom is -0.346 e. The molecule has 1 aromatic rings. The van der Waals surface area contributed by atoms with Gasteiger partial charge in [-0.1, -0.05) is 11.3 Å². The predicted molar refractivity (Wildman–Crippen MR) is 66.0 cm³/mol. The Morgan fingerprint density at radius 2 is 2.06 bits per heavy atom. The van der Waals surface area contributed by atoms with Crippen molar-refractivity contribution in [2.75, 3.05) is 31.1 Å². The lowest BCUT2D eigenvalue weighted by molar-refractivity contribution is 0.232. The largest absolute Gasteiger partial charge is 0.346 e. The van der Waals surface area contributed by atoms with Crippen molar-refractivity contribution in [3.05, 3.63) is 5.01 Å². The minimum absolute atomic E-state index is 0.560. The van der Waals surface area contributed by atoms with Crippen LogP contribution in [0, 0.1) is 12.3 Å². The van der Waals surface area contributed by atoms with Gasteiger partial charge in [0.05, 0.1) is 0 Å². The van der Waals surface area contributed by atoms with Crippen molar-refractivity contribution in [1.82, 2.24) is 15.5 Å². The van der Waals surface area contributed by atoms with Gasteiger partial charge < -0.3 is 10.2 Å². The molecule has 0 radical (unpaired) electrons. The van der Waals surface area contributed by atoms with E-state index in [0.717, 1.165) is 16.7 Å². The summed E-state index contributed by atoms with van der Waals surface area (Å²) in [6.45, 7) is 6.74. The van der Waals surface area contributed by atoms with Crippen LogP contribution in [0.5, 0.6) is 0 Å². The van der Waals surface area contributed by atoms with Gasteiger partial charge in [0, 0.05) is 13.1 Å². The molecular formula is C11H18N4S. The highest BCUT2D eigenvalue weighted by Crippen LogP contribution is 2.40. The molecule has 3 heterocycles. The first kappa shape index (κ1) is 10.5. The lowest BCUT2D eigenvalue weighted by Crippen LogP contribution is -2.38. The average molecular weight is 238 g/mol. The number of nitrogens with one attached hydrogen (secondary N) is 1. The van der Waals surface area contributed by atoms with E-state index in [9.17, 15) is 0 Å². The van der Waals surface area contributed by atoms with Crippen LogP contribution in [-0.2, 0) is 0 Å². The molecule has 0 atom stereocenters. The van der Waals surface area contributed by atoms with E-state index in [4.69, 9.17) is 0 Å². The van der Waals surface area contributed by atoms with Gasteiger partial charge in [0.1, 0.15) is 5.01 Å². The molecule has 4 nitrogen and oxygen atoms in total. The number of nitrogens with zero attached hydrogens (tertiary/aromatic N) is 3. The molecule has 5 heteroatoms. The zero-order valence-corrected chi connectivity index (χ0v) is 10.5. The maximum atomic E-state index is 4.25. The second-order valence-electron chi connectivity index (χ2n) is 5.03. The van der Waals surface area contributed by atoms with Crippen LogP contribution in [-0.4, -0.2) is 36.4 Å². The van der Waals surface area contributed by atoms with Gasteiger partial charge in [-0.3, -0.25) is 0 Å². The van der Waals surface area contributed by atoms with Gasteiger partial charge in [0.25, 0.3) is 0 Å². The van der Waals surface area contributed by atoms with Gasteiger partial charge in [-0.15, -0.1) is 10.2 Å². The van der Waals surface area contributed by atoms with Crippen LogP contribution >= 0.6 is 11.3 Å². The third kappa shape index (κ3) is 1.82. The number of hydrogen-bond acceptors (Lipinski definition) is 5. The standard InChI is InChI=1S/C11H18N4S/c1-9-13-14-10(16-9)15-7-4-11(8-15)2-5-12-6-3-11/h12H,2-8H2,1H3. The Morgan fingerprint density at radius 3 is 2.75 bits per heavy atom. The molecule has 2 fully saturated rings. The lowest BCUT2D eigenvalue weighted by atomic mass is 9.78. The normalized spacial score (nSPS) is 24.2. The molecule has 2 aliphatic heterocycles. The average Bonchev–Trinajstić information content (AvgIpc) is 2.87. The van der Waals surface area contributed by atoms with Gasteiger partial charge in [-0.25, -0.2) is 0 Å². The molecule has 0 amide bonds. The summed E-state index contributed by atoms with van der Waals surface area (Å²) in [6.07, 6.45) is 3.97. The molecule has 2 aliphatic rings. The highest BCUT2D eigenvalue weighted by Gasteiger charge is 2.39. The van der Waals surface area contributed by atoms with Crippen molar-refractivity contribution >= 4 is 16.5 Å². The number of aryl methyl sites for hydroxylation is 1. The first-order chi connectivity index (χ1) is 7.77. The topological polar surface area (TPSA) is 41.1 Å². The summed E-state index contributed by atoms with van der Waals surface area (Å²) in [4.78, 5) is 2.43. The monoisotopic (exact) mass is 238 g/mol. The Bertz CT molecular complexity index is 370. The van der Waals surface area contributed by atoms with Crippen molar-refractivity contribution in [1.29, 1.82) is 0 Å². The summed E-state index contributed by atoms with van der Waals surface area (Å²) >= 11 is 1.72. The SMILES string of the molecule is Cc1nnc(N2CCC3(CCNCC3)C2)s1. The van der Waals surface area contributed by atoms with Crippen molar-refractivity contribution < 1.29 is 0 Å². The van der Waals surface area contributed by atoms with E-state index in [2.05, 4.69) is 20.4 Å². The van der Waals surface area contributed by atoms with E-state index < -0.39 is 0 Å². The van der Waals surface area contributed by atoms with Crippen LogP contribution in [0.25, 0.3) is 0 Å². The van der Waals surface area contributed by atoms with Gasteiger partial charge in [-0.2, -0.15) is 0 Å². The Balaban J connectivity index is 1.72. The summed E-state index contributed by atoms with van der Waals surface area (Å²) in [5.74, 6) is 0. The van der Waals surface area contributed by atoms with Crippen LogP contribution in [0.1, 0.15) is 24.3 Å². The Hall–Kier alpha value is -0.680. The minimum atomic E-state index is 0.560. The third-order valence-electron chi connectivity index (χ3n) is 3.89. The first-order valence-electron chi connectivity index (χ1n) is 6.03. The van der Waals surface area contributed by atoms with Crippen molar-refractivity contribution in [3.8, 4) is 0 Å². The molecule has 0 saturated carbocycles. The number of aromatic nitrogens is 2. The number of rotatable bonds is 1. The molecule has 1 spiro atoms. The van der Waals surface area contributed by atoms with E-state index in [1.807, 2.05) is 6.92 Å². The van der Waals surface area contributed by atoms with Crippen LogP contribution in [0.3, 0.4) is 0 Å². The Labute approximate surface area is 100 Å². The smallest absolute Gasteiger partial charge is 0.208 e. The van der Waals surface area contributed by atoms with Crippen molar-refractivity contribution in [2.45, 2.75) is 26.2 Å². The molecule has 16 heavy (non-hydrogen) atoms. The number of piperidine rings is 1. The fraction of sp³-hybridized carbons (Fsp3) is 0.818. The molecule has 2 saturated heterocycles. The molecule has 0 aromatic carbocycles. The van der Waals surface area contributed by atoms with Gasteiger partial charge in [0.15, 0.2) is 0 Å². The Morgan fingerprint density at radius 1 is 1.25 bits per heavy atom. The van der Waals surface area contributed by atoms with Gasteiger partial charge >= 0.3 is 0 Å². The number of anilines is 1. The second kappa shape index (κ2) is 3.96. The van der Waals surface area contributed by atoms with E-state index in [1.54, 1.807) is 11.3 Å². The van der Waals surface area contributed by atoms with Gasteiger partial charge in [0.2, 0.25) is 5.13 Å². The van der Waals surface area contributed by atoms with Crippen molar-refractivity contribution in [2.24, 2.45) is 5.41 Å². The van der Waals surface area contributed by atoms with E-state index in [-0.39, 0.29) is 0 Å². The maximum Gasteiger partial charge on any atom is 0.208 e. The van der Waals surface area contributed by atoms with Crippen LogP contribution in [0.4, 0.5) is 5.13 Å². The van der Waals surface area contributed by atoms with E-state index >= 15 is 0 Å². The predicted octanol–water partition coefficient (Wildman–Crippen LogP) is 1.43. The molecule has 1 N–H and O–H groups in total. The zero-order valence-electron chi connectivity index (χ0n) is 9.70. The summed E-state index contributed by atoms with van der Waals surface area (Å²) in [6, 6.07) is 0. The summed E-state index contributed by atoms with van der Waals surface area (Å²) < 4.78 is 0. The fourth-order valence-electron chi connectivity index (χ4n) is 2.88. The van der Waals surface area contributed by atoms with Crippen LogP contribution in [0.15, 0.2) is 0 Å². The quantitative estimate of drug-likeness (QED) is 0.803. The molecule has 1 aromatic heterocycles. The van der Waals surface area contributed by atoms with Gasteiger partial charge in [-0.05, 0) is 44.7 Å². The lowest BCUT2D eigenvalue weighted by Gasteiger charge is -2.33. The summed E-state index contributed by atoms with van der Waals surface area (Å²) in [5.41, 5.74) is 0.560. The van der Waals surface area contributed by atoms with E-state index in [0.29, 0.717) is 5.41 Å². The Kier molecular flexibility index (Phi) is 2.59. The summed E-state index contributed by atoms with van der Waals surface area (Å²) in [7, 11) is 0. The fourth-order valence-corrected chi connectivity index (χ4v) is 3.59. The maximum absolute atomic E-state index is 4.25. The molecule has 88 valence electrons.